The van der Waals surface area contributed by atoms with Crippen molar-refractivity contribution in [1.29, 1.82) is 0 Å². The Labute approximate surface area is 102 Å². The van der Waals surface area contributed by atoms with Gasteiger partial charge < -0.3 is 4.98 Å². The van der Waals surface area contributed by atoms with Crippen molar-refractivity contribution in [1.82, 2.24) is 10.3 Å². The summed E-state index contributed by atoms with van der Waals surface area (Å²) in [7, 11) is 0. The van der Waals surface area contributed by atoms with Gasteiger partial charge in [0.1, 0.15) is 0 Å². The Hall–Kier alpha value is -1.81. The lowest BCUT2D eigenvalue weighted by Crippen LogP contribution is -2.21. The van der Waals surface area contributed by atoms with Gasteiger partial charge in [0.05, 0.1) is 5.92 Å². The molecule has 17 heavy (non-hydrogen) atoms. The minimum absolute atomic E-state index is 0.207. The van der Waals surface area contributed by atoms with Gasteiger partial charge >= 0.3 is 0 Å². The highest BCUT2D eigenvalue weighted by Crippen LogP contribution is 2.31. The molecule has 1 atom stereocenters. The molecule has 0 aliphatic carbocycles. The number of nitrogens with one attached hydrogen (secondary N) is 2. The van der Waals surface area contributed by atoms with Crippen molar-refractivity contribution in [2.24, 2.45) is 0 Å². The molecule has 1 aliphatic heterocycles. The van der Waals surface area contributed by atoms with E-state index in [1.807, 2.05) is 6.07 Å². The molecule has 86 valence electrons. The van der Waals surface area contributed by atoms with Crippen molar-refractivity contribution in [2.75, 3.05) is 0 Å². The van der Waals surface area contributed by atoms with E-state index in [1.54, 1.807) is 18.3 Å². The fourth-order valence-electron chi connectivity index (χ4n) is 2.21. The zero-order valence-electron chi connectivity index (χ0n) is 8.79. The second-order valence-electron chi connectivity index (χ2n) is 4.10. The summed E-state index contributed by atoms with van der Waals surface area (Å²) in [6.07, 6.45) is 1.97. The molecular formula is C12H9ClN2O2. The maximum Gasteiger partial charge on any atom is 0.234 e. The summed E-state index contributed by atoms with van der Waals surface area (Å²) in [6.45, 7) is 0. The van der Waals surface area contributed by atoms with Crippen LogP contribution >= 0.6 is 11.6 Å². The second-order valence-corrected chi connectivity index (χ2v) is 4.54. The zero-order valence-corrected chi connectivity index (χ0v) is 9.54. The summed E-state index contributed by atoms with van der Waals surface area (Å²) < 4.78 is 0. The van der Waals surface area contributed by atoms with Crippen LogP contribution in [0.3, 0.4) is 0 Å². The Kier molecular flexibility index (Phi) is 2.19. The number of aromatic nitrogens is 1. The van der Waals surface area contributed by atoms with Gasteiger partial charge in [-0.15, -0.1) is 0 Å². The molecule has 3 rings (SSSR count). The third kappa shape index (κ3) is 1.61. The van der Waals surface area contributed by atoms with E-state index < -0.39 is 5.92 Å². The van der Waals surface area contributed by atoms with Crippen molar-refractivity contribution >= 4 is 34.3 Å². The first-order chi connectivity index (χ1) is 8.15. The summed E-state index contributed by atoms with van der Waals surface area (Å²) in [5.41, 5.74) is 1.74. The molecule has 1 aliphatic rings. The van der Waals surface area contributed by atoms with Gasteiger partial charge in [-0.25, -0.2) is 0 Å². The summed E-state index contributed by atoms with van der Waals surface area (Å²) in [4.78, 5) is 25.9. The Morgan fingerprint density at radius 1 is 1.29 bits per heavy atom. The van der Waals surface area contributed by atoms with Gasteiger partial charge in [0.15, 0.2) is 0 Å². The maximum absolute atomic E-state index is 11.6. The Balaban J connectivity index is 2.14. The number of H-pyrrole nitrogens is 1. The number of aromatic amines is 1. The molecule has 4 nitrogen and oxygen atoms in total. The Morgan fingerprint density at radius 2 is 2.12 bits per heavy atom. The van der Waals surface area contributed by atoms with Gasteiger partial charge in [0.25, 0.3) is 0 Å². The van der Waals surface area contributed by atoms with Crippen LogP contribution in [0, 0.1) is 0 Å². The quantitative estimate of drug-likeness (QED) is 0.758. The van der Waals surface area contributed by atoms with Gasteiger partial charge in [0, 0.05) is 28.5 Å². The summed E-state index contributed by atoms with van der Waals surface area (Å²) in [6, 6.07) is 5.44. The molecule has 0 unspecified atom stereocenters. The monoisotopic (exact) mass is 248 g/mol. The third-order valence-corrected chi connectivity index (χ3v) is 3.25. The highest BCUT2D eigenvalue weighted by molar-refractivity contribution is 6.31. The van der Waals surface area contributed by atoms with Gasteiger partial charge in [-0.1, -0.05) is 11.6 Å². The number of hydrogen-bond acceptors (Lipinski definition) is 2. The SMILES string of the molecule is O=C1C[C@H](c2c[nH]c3ccc(Cl)cc23)C(=O)N1. The lowest BCUT2D eigenvalue weighted by atomic mass is 9.97. The number of carbonyl (C=O) groups is 2. The standard InChI is InChI=1S/C12H9ClN2O2/c13-6-1-2-10-7(3-6)9(5-14-10)8-4-11(16)15-12(8)17/h1-3,5,8,14H,4H2,(H,15,16,17)/t8-/m1/s1. The summed E-state index contributed by atoms with van der Waals surface area (Å²) >= 11 is 5.94. The predicted octanol–water partition coefficient (Wildman–Crippen LogP) is 1.95. The molecule has 0 bridgehead atoms. The van der Waals surface area contributed by atoms with Crippen LogP contribution in [0.25, 0.3) is 10.9 Å². The number of hydrogen-bond donors (Lipinski definition) is 2. The van der Waals surface area contributed by atoms with Crippen LogP contribution in [0.15, 0.2) is 24.4 Å². The molecule has 1 saturated heterocycles. The molecule has 2 aromatic rings. The fourth-order valence-corrected chi connectivity index (χ4v) is 2.38. The van der Waals surface area contributed by atoms with E-state index in [2.05, 4.69) is 10.3 Å². The van der Waals surface area contributed by atoms with Gasteiger partial charge in [-0.2, -0.15) is 0 Å². The molecule has 0 saturated carbocycles. The molecule has 0 spiro atoms. The van der Waals surface area contributed by atoms with E-state index in [0.29, 0.717) is 5.02 Å². The molecular weight excluding hydrogens is 240 g/mol. The van der Waals surface area contributed by atoms with E-state index in [-0.39, 0.29) is 18.2 Å². The smallest absolute Gasteiger partial charge is 0.234 e. The van der Waals surface area contributed by atoms with Crippen LogP contribution in [-0.4, -0.2) is 16.8 Å². The zero-order chi connectivity index (χ0) is 12.0. The first-order valence-corrected chi connectivity index (χ1v) is 5.63. The van der Waals surface area contributed by atoms with Crippen LogP contribution in [0.5, 0.6) is 0 Å². The van der Waals surface area contributed by atoms with Gasteiger partial charge in [0.2, 0.25) is 11.8 Å². The van der Waals surface area contributed by atoms with Crippen molar-refractivity contribution in [2.45, 2.75) is 12.3 Å². The molecule has 2 heterocycles. The van der Waals surface area contributed by atoms with Crippen molar-refractivity contribution < 1.29 is 9.59 Å². The highest BCUT2D eigenvalue weighted by atomic mass is 35.5. The van der Waals surface area contributed by atoms with Gasteiger partial charge in [-0.3, -0.25) is 14.9 Å². The average molecular weight is 249 g/mol. The van der Waals surface area contributed by atoms with Crippen LogP contribution in [0.4, 0.5) is 0 Å². The second kappa shape index (κ2) is 3.60. The van der Waals surface area contributed by atoms with Crippen molar-refractivity contribution in [3.8, 4) is 0 Å². The number of benzene rings is 1. The molecule has 2 amide bonds. The van der Waals surface area contributed by atoms with Crippen LogP contribution in [0.2, 0.25) is 5.02 Å². The van der Waals surface area contributed by atoms with Crippen molar-refractivity contribution in [3.05, 3.63) is 35.0 Å². The minimum Gasteiger partial charge on any atom is -0.361 e. The molecule has 1 aromatic heterocycles. The molecule has 1 aromatic carbocycles. The third-order valence-electron chi connectivity index (χ3n) is 3.02. The van der Waals surface area contributed by atoms with E-state index >= 15 is 0 Å². The Bertz CT molecular complexity index is 632. The minimum atomic E-state index is -0.408. The highest BCUT2D eigenvalue weighted by Gasteiger charge is 2.33. The first kappa shape index (κ1) is 10.4. The normalized spacial score (nSPS) is 19.9. The average Bonchev–Trinajstić information content (AvgIpc) is 2.81. The van der Waals surface area contributed by atoms with E-state index in [1.165, 1.54) is 0 Å². The maximum atomic E-state index is 11.6. The van der Waals surface area contributed by atoms with Crippen LogP contribution in [0.1, 0.15) is 17.9 Å². The number of rotatable bonds is 1. The number of halogens is 1. The summed E-state index contributed by atoms with van der Waals surface area (Å²) in [5, 5.41) is 3.82. The largest absolute Gasteiger partial charge is 0.361 e. The summed E-state index contributed by atoms with van der Waals surface area (Å²) in [5.74, 6) is -0.873. The topological polar surface area (TPSA) is 62.0 Å². The number of amides is 2. The number of imide groups is 1. The van der Waals surface area contributed by atoms with Gasteiger partial charge in [-0.05, 0) is 23.8 Å². The Morgan fingerprint density at radius 3 is 2.82 bits per heavy atom. The van der Waals surface area contributed by atoms with Crippen LogP contribution in [-0.2, 0) is 9.59 Å². The molecule has 5 heteroatoms. The predicted molar refractivity (Wildman–Crippen MR) is 63.8 cm³/mol. The van der Waals surface area contributed by atoms with E-state index in [4.69, 9.17) is 11.6 Å². The van der Waals surface area contributed by atoms with E-state index in [9.17, 15) is 9.59 Å². The molecule has 2 N–H and O–H groups in total. The molecule has 0 radical (unpaired) electrons. The van der Waals surface area contributed by atoms with Crippen LogP contribution < -0.4 is 5.32 Å². The number of carbonyl (C=O) groups excluding carboxylic acids is 2. The lowest BCUT2D eigenvalue weighted by Gasteiger charge is -2.03. The van der Waals surface area contributed by atoms with Crippen molar-refractivity contribution in [3.63, 3.8) is 0 Å². The molecule has 1 fully saturated rings. The van der Waals surface area contributed by atoms with E-state index in [0.717, 1.165) is 16.5 Å². The first-order valence-electron chi connectivity index (χ1n) is 5.25. The fraction of sp³-hybridized carbons (Fsp3) is 0.167. The lowest BCUT2D eigenvalue weighted by molar-refractivity contribution is -0.125. The number of fused-ring (bicyclic) bond motifs is 1.